The van der Waals surface area contributed by atoms with E-state index in [-0.39, 0.29) is 30.9 Å². The summed E-state index contributed by atoms with van der Waals surface area (Å²) in [5.74, 6) is -0.634. The molecule has 1 aromatic rings. The van der Waals surface area contributed by atoms with Gasteiger partial charge >= 0.3 is 6.03 Å². The first-order chi connectivity index (χ1) is 10.6. The molecule has 2 N–H and O–H groups in total. The molecule has 0 aliphatic carbocycles. The van der Waals surface area contributed by atoms with Crippen molar-refractivity contribution in [1.82, 2.24) is 15.5 Å². The lowest BCUT2D eigenvalue weighted by atomic mass is 10.1. The normalized spacial score (nSPS) is 13.2. The molecule has 1 aromatic carbocycles. The van der Waals surface area contributed by atoms with E-state index >= 15 is 0 Å². The average Bonchev–Trinajstić information content (AvgIpc) is 2.77. The first-order valence-electron chi connectivity index (χ1n) is 7.11. The third kappa shape index (κ3) is 3.62. The molecule has 0 spiro atoms. The number of rotatable bonds is 7. The third-order valence-corrected chi connectivity index (χ3v) is 3.31. The summed E-state index contributed by atoms with van der Waals surface area (Å²) >= 11 is 0. The number of carbonyl (C=O) groups is 3. The van der Waals surface area contributed by atoms with Crippen molar-refractivity contribution in [2.24, 2.45) is 0 Å². The first kappa shape index (κ1) is 16.0. The van der Waals surface area contributed by atoms with Crippen LogP contribution in [0.3, 0.4) is 0 Å². The Morgan fingerprint density at radius 3 is 2.27 bits per heavy atom. The summed E-state index contributed by atoms with van der Waals surface area (Å²) in [4.78, 5) is 36.8. The number of nitrogens with one attached hydrogen (secondary N) is 2. The van der Waals surface area contributed by atoms with E-state index in [0.717, 1.165) is 11.3 Å². The van der Waals surface area contributed by atoms with Gasteiger partial charge in [0.2, 0.25) is 0 Å². The Hall–Kier alpha value is -2.41. The van der Waals surface area contributed by atoms with Crippen LogP contribution < -0.4 is 10.6 Å². The molecular formula is C15H19N3O4. The molecular weight excluding hydrogens is 286 g/mol. The van der Waals surface area contributed by atoms with Gasteiger partial charge in [-0.1, -0.05) is 12.1 Å². The highest BCUT2D eigenvalue weighted by molar-refractivity contribution is 6.21. The minimum absolute atomic E-state index is 0.151. The van der Waals surface area contributed by atoms with Crippen LogP contribution in [0.2, 0.25) is 0 Å². The van der Waals surface area contributed by atoms with Gasteiger partial charge in [0.15, 0.2) is 0 Å². The van der Waals surface area contributed by atoms with Gasteiger partial charge in [-0.05, 0) is 18.6 Å². The van der Waals surface area contributed by atoms with E-state index < -0.39 is 0 Å². The molecule has 4 amide bonds. The molecule has 118 valence electrons. The summed E-state index contributed by atoms with van der Waals surface area (Å²) in [5, 5.41) is 5.28. The van der Waals surface area contributed by atoms with Gasteiger partial charge in [-0.2, -0.15) is 0 Å². The van der Waals surface area contributed by atoms with Crippen molar-refractivity contribution in [2.75, 3.05) is 33.4 Å². The molecule has 22 heavy (non-hydrogen) atoms. The number of urea groups is 1. The lowest BCUT2D eigenvalue weighted by molar-refractivity contribution is 0.0656. The first-order valence-corrected chi connectivity index (χ1v) is 7.11. The van der Waals surface area contributed by atoms with Crippen LogP contribution in [-0.4, -0.2) is 56.1 Å². The van der Waals surface area contributed by atoms with Crippen molar-refractivity contribution in [3.05, 3.63) is 35.4 Å². The van der Waals surface area contributed by atoms with Gasteiger partial charge in [-0.15, -0.1) is 0 Å². The zero-order valence-corrected chi connectivity index (χ0v) is 12.4. The molecule has 1 aliphatic heterocycles. The van der Waals surface area contributed by atoms with E-state index in [0.29, 0.717) is 24.3 Å². The van der Waals surface area contributed by atoms with Gasteiger partial charge in [0, 0.05) is 33.4 Å². The Morgan fingerprint density at radius 1 is 1.09 bits per heavy atom. The smallest absolute Gasteiger partial charge is 0.314 e. The highest BCUT2D eigenvalue weighted by atomic mass is 16.5. The molecule has 7 heteroatoms. The summed E-state index contributed by atoms with van der Waals surface area (Å²) < 4.78 is 4.87. The summed E-state index contributed by atoms with van der Waals surface area (Å²) in [6.45, 7) is 1.45. The van der Waals surface area contributed by atoms with E-state index in [9.17, 15) is 14.4 Å². The van der Waals surface area contributed by atoms with Crippen LogP contribution in [0.1, 0.15) is 27.1 Å². The molecule has 0 radical (unpaired) electrons. The van der Waals surface area contributed by atoms with Crippen LogP contribution in [0.25, 0.3) is 0 Å². The van der Waals surface area contributed by atoms with Gasteiger partial charge in [-0.25, -0.2) is 4.79 Å². The molecule has 0 atom stereocenters. The second kappa shape index (κ2) is 7.56. The Bertz CT molecular complexity index is 539. The Labute approximate surface area is 128 Å². The summed E-state index contributed by atoms with van der Waals surface area (Å²) in [6, 6.07) is 6.38. The topological polar surface area (TPSA) is 87.7 Å². The van der Waals surface area contributed by atoms with Crippen LogP contribution >= 0.6 is 0 Å². The third-order valence-electron chi connectivity index (χ3n) is 3.31. The van der Waals surface area contributed by atoms with Crippen molar-refractivity contribution in [1.29, 1.82) is 0 Å². The average molecular weight is 305 g/mol. The number of benzene rings is 1. The standard InChI is InChI=1S/C15H19N3O4/c1-22-10-4-7-16-15(21)17-8-9-18-13(19)11-5-2-3-6-12(11)14(18)20/h2-3,5-6H,4,7-10H2,1H3,(H2,16,17,21). The largest absolute Gasteiger partial charge is 0.385 e. The van der Waals surface area contributed by atoms with Crippen LogP contribution in [0.4, 0.5) is 4.79 Å². The predicted molar refractivity (Wildman–Crippen MR) is 79.7 cm³/mol. The SMILES string of the molecule is COCCCNC(=O)NCCN1C(=O)c2ccccc2C1=O. The molecule has 7 nitrogen and oxygen atoms in total. The molecule has 2 rings (SSSR count). The van der Waals surface area contributed by atoms with Crippen molar-refractivity contribution in [3.63, 3.8) is 0 Å². The van der Waals surface area contributed by atoms with E-state index in [1.165, 1.54) is 0 Å². The molecule has 0 bridgehead atoms. The minimum Gasteiger partial charge on any atom is -0.385 e. The summed E-state index contributed by atoms with van der Waals surface area (Å²) in [7, 11) is 1.60. The fraction of sp³-hybridized carbons (Fsp3) is 0.400. The van der Waals surface area contributed by atoms with Crippen LogP contribution in [-0.2, 0) is 4.74 Å². The zero-order valence-electron chi connectivity index (χ0n) is 12.4. The quantitative estimate of drug-likeness (QED) is 0.571. The highest BCUT2D eigenvalue weighted by Crippen LogP contribution is 2.21. The maximum Gasteiger partial charge on any atom is 0.314 e. The van der Waals surface area contributed by atoms with Gasteiger partial charge in [-0.3, -0.25) is 14.5 Å². The van der Waals surface area contributed by atoms with E-state index in [4.69, 9.17) is 4.74 Å². The van der Waals surface area contributed by atoms with Crippen molar-refractivity contribution in [2.45, 2.75) is 6.42 Å². The molecule has 1 heterocycles. The minimum atomic E-state index is -0.326. The molecule has 0 fully saturated rings. The van der Waals surface area contributed by atoms with Gasteiger partial charge in [0.25, 0.3) is 11.8 Å². The molecule has 1 aliphatic rings. The van der Waals surface area contributed by atoms with Crippen molar-refractivity contribution in [3.8, 4) is 0 Å². The maximum atomic E-state index is 12.1. The Kier molecular flexibility index (Phi) is 5.48. The molecule has 0 saturated carbocycles. The van der Waals surface area contributed by atoms with Crippen molar-refractivity contribution >= 4 is 17.8 Å². The fourth-order valence-electron chi connectivity index (χ4n) is 2.20. The maximum absolute atomic E-state index is 12.1. The number of carbonyl (C=O) groups excluding carboxylic acids is 3. The summed E-state index contributed by atoms with van der Waals surface area (Å²) in [5.41, 5.74) is 0.827. The number of hydrogen-bond donors (Lipinski definition) is 2. The Morgan fingerprint density at radius 2 is 1.68 bits per heavy atom. The molecule has 0 saturated heterocycles. The number of methoxy groups -OCH3 is 1. The van der Waals surface area contributed by atoms with Crippen LogP contribution in [0, 0.1) is 0 Å². The number of imide groups is 1. The lowest BCUT2D eigenvalue weighted by Crippen LogP contribution is -2.42. The predicted octanol–water partition coefficient (Wildman–Crippen LogP) is 0.618. The number of nitrogens with zero attached hydrogens (tertiary/aromatic N) is 1. The number of hydrogen-bond acceptors (Lipinski definition) is 4. The van der Waals surface area contributed by atoms with Gasteiger partial charge in [0.05, 0.1) is 11.1 Å². The molecule has 0 unspecified atom stereocenters. The highest BCUT2D eigenvalue weighted by Gasteiger charge is 2.34. The lowest BCUT2D eigenvalue weighted by Gasteiger charge is -2.14. The van der Waals surface area contributed by atoms with E-state index in [1.54, 1.807) is 31.4 Å². The number of fused-ring (bicyclic) bond motifs is 1. The van der Waals surface area contributed by atoms with E-state index in [1.807, 2.05) is 0 Å². The Balaban J connectivity index is 1.75. The van der Waals surface area contributed by atoms with Crippen LogP contribution in [0.5, 0.6) is 0 Å². The number of ether oxygens (including phenoxy) is 1. The number of amides is 4. The van der Waals surface area contributed by atoms with Gasteiger partial charge in [0.1, 0.15) is 0 Å². The zero-order chi connectivity index (χ0) is 15.9. The summed E-state index contributed by atoms with van der Waals surface area (Å²) in [6.07, 6.45) is 0.725. The monoisotopic (exact) mass is 305 g/mol. The van der Waals surface area contributed by atoms with E-state index in [2.05, 4.69) is 10.6 Å². The second-order valence-electron chi connectivity index (χ2n) is 4.84. The molecule has 0 aromatic heterocycles. The van der Waals surface area contributed by atoms with Crippen molar-refractivity contribution < 1.29 is 19.1 Å². The second-order valence-corrected chi connectivity index (χ2v) is 4.84. The fourth-order valence-corrected chi connectivity index (χ4v) is 2.20. The van der Waals surface area contributed by atoms with Gasteiger partial charge < -0.3 is 15.4 Å². The van der Waals surface area contributed by atoms with Crippen LogP contribution in [0.15, 0.2) is 24.3 Å².